The monoisotopic (exact) mass is 331 g/mol. The maximum atomic E-state index is 13.5. The fourth-order valence-electron chi connectivity index (χ4n) is 2.39. The molecule has 7 heteroatoms. The molecule has 3 aromatic rings. The van der Waals surface area contributed by atoms with Crippen LogP contribution in [0.2, 0.25) is 0 Å². The fourth-order valence-corrected chi connectivity index (χ4v) is 2.39. The predicted octanol–water partition coefficient (Wildman–Crippen LogP) is 3.35. The van der Waals surface area contributed by atoms with Gasteiger partial charge in [0.1, 0.15) is 5.82 Å². The second kappa shape index (κ2) is 6.66. The lowest BCUT2D eigenvalue weighted by Gasteiger charge is -2.09. The van der Waals surface area contributed by atoms with E-state index in [0.717, 1.165) is 23.2 Å². The quantitative estimate of drug-likeness (QED) is 0.780. The molecule has 1 N–H and O–H groups in total. The van der Waals surface area contributed by atoms with E-state index in [1.165, 1.54) is 0 Å². The highest BCUT2D eigenvalue weighted by molar-refractivity contribution is 5.92. The summed E-state index contributed by atoms with van der Waals surface area (Å²) in [5.74, 6) is -1.84. The van der Waals surface area contributed by atoms with Gasteiger partial charge in [0.25, 0.3) is 5.91 Å². The highest BCUT2D eigenvalue weighted by Gasteiger charge is 2.13. The molecule has 3 rings (SSSR count). The average molecular weight is 331 g/mol. The Morgan fingerprint density at radius 2 is 2.04 bits per heavy atom. The first-order valence-electron chi connectivity index (χ1n) is 7.41. The molecule has 1 amide bonds. The minimum Gasteiger partial charge on any atom is -0.481 e. The molecule has 0 fully saturated rings. The van der Waals surface area contributed by atoms with Gasteiger partial charge in [-0.3, -0.25) is 10.1 Å². The standard InChI is InChI=1S/C17H15F2N3O2/c1-2-22-14-6-4-3-5-13(14)20-17(22)21-16(23)10-24-15-8-7-11(18)9-12(15)19/h3-9H,2,10H2,1H3,(H,20,21,23). The third-order valence-electron chi connectivity index (χ3n) is 3.47. The van der Waals surface area contributed by atoms with E-state index in [4.69, 9.17) is 4.74 Å². The highest BCUT2D eigenvalue weighted by atomic mass is 19.1. The molecule has 1 aromatic heterocycles. The van der Waals surface area contributed by atoms with Crippen molar-refractivity contribution in [3.8, 4) is 5.75 Å². The van der Waals surface area contributed by atoms with E-state index >= 15 is 0 Å². The molecule has 0 atom stereocenters. The van der Waals surface area contributed by atoms with Crippen LogP contribution in [0.5, 0.6) is 5.75 Å². The van der Waals surface area contributed by atoms with Gasteiger partial charge in [-0.2, -0.15) is 0 Å². The van der Waals surface area contributed by atoms with Crippen LogP contribution in [0.1, 0.15) is 6.92 Å². The summed E-state index contributed by atoms with van der Waals surface area (Å²) in [4.78, 5) is 16.4. The fraction of sp³-hybridized carbons (Fsp3) is 0.176. The molecule has 1 heterocycles. The van der Waals surface area contributed by atoms with Crippen molar-refractivity contribution in [2.24, 2.45) is 0 Å². The van der Waals surface area contributed by atoms with Gasteiger partial charge >= 0.3 is 0 Å². The van der Waals surface area contributed by atoms with Crippen LogP contribution in [0.4, 0.5) is 14.7 Å². The second-order valence-corrected chi connectivity index (χ2v) is 5.08. The van der Waals surface area contributed by atoms with Crippen molar-refractivity contribution in [2.75, 3.05) is 11.9 Å². The summed E-state index contributed by atoms with van der Waals surface area (Å²) in [7, 11) is 0. The predicted molar refractivity (Wildman–Crippen MR) is 85.9 cm³/mol. The molecule has 0 bridgehead atoms. The number of imidazole rings is 1. The van der Waals surface area contributed by atoms with Gasteiger partial charge in [-0.25, -0.2) is 13.8 Å². The Labute approximate surface area is 136 Å². The van der Waals surface area contributed by atoms with Crippen LogP contribution in [0.3, 0.4) is 0 Å². The Bertz CT molecular complexity index is 893. The summed E-state index contributed by atoms with van der Waals surface area (Å²) in [6, 6.07) is 10.4. The van der Waals surface area contributed by atoms with Crippen molar-refractivity contribution in [3.63, 3.8) is 0 Å². The van der Waals surface area contributed by atoms with Gasteiger partial charge < -0.3 is 9.30 Å². The van der Waals surface area contributed by atoms with Gasteiger partial charge in [-0.15, -0.1) is 0 Å². The number of hydrogen-bond acceptors (Lipinski definition) is 3. The highest BCUT2D eigenvalue weighted by Crippen LogP contribution is 2.20. The third-order valence-corrected chi connectivity index (χ3v) is 3.47. The summed E-state index contributed by atoms with van der Waals surface area (Å²) in [6.07, 6.45) is 0. The zero-order chi connectivity index (χ0) is 17.1. The Hall–Kier alpha value is -2.96. The van der Waals surface area contributed by atoms with Crippen LogP contribution in [0.15, 0.2) is 42.5 Å². The molecule has 0 aliphatic carbocycles. The first-order chi connectivity index (χ1) is 11.6. The molecule has 24 heavy (non-hydrogen) atoms. The van der Waals surface area contributed by atoms with Gasteiger partial charge in [0.2, 0.25) is 5.95 Å². The molecular weight excluding hydrogens is 316 g/mol. The number of halogens is 2. The number of carbonyl (C=O) groups is 1. The van der Waals surface area contributed by atoms with Crippen LogP contribution >= 0.6 is 0 Å². The molecule has 2 aromatic carbocycles. The largest absolute Gasteiger partial charge is 0.481 e. The number of amides is 1. The van der Waals surface area contributed by atoms with Crippen LogP contribution < -0.4 is 10.1 Å². The van der Waals surface area contributed by atoms with Gasteiger partial charge in [0.05, 0.1) is 11.0 Å². The van der Waals surface area contributed by atoms with Crippen molar-refractivity contribution in [2.45, 2.75) is 13.5 Å². The van der Waals surface area contributed by atoms with E-state index in [-0.39, 0.29) is 5.75 Å². The lowest BCUT2D eigenvalue weighted by atomic mass is 10.3. The summed E-state index contributed by atoms with van der Waals surface area (Å²) in [6.45, 7) is 2.16. The van der Waals surface area contributed by atoms with E-state index in [2.05, 4.69) is 10.3 Å². The summed E-state index contributed by atoms with van der Waals surface area (Å²) < 4.78 is 33.2. The lowest BCUT2D eigenvalue weighted by molar-refractivity contribution is -0.118. The number of anilines is 1. The zero-order valence-electron chi connectivity index (χ0n) is 12.9. The number of fused-ring (bicyclic) bond motifs is 1. The van der Waals surface area contributed by atoms with Crippen LogP contribution in [-0.4, -0.2) is 22.1 Å². The van der Waals surface area contributed by atoms with E-state index in [0.29, 0.717) is 18.6 Å². The van der Waals surface area contributed by atoms with Crippen molar-refractivity contribution in [1.82, 2.24) is 9.55 Å². The molecule has 0 aliphatic heterocycles. The Morgan fingerprint density at radius 1 is 1.25 bits per heavy atom. The first kappa shape index (κ1) is 15.9. The minimum absolute atomic E-state index is 0.185. The van der Waals surface area contributed by atoms with Crippen LogP contribution in [0, 0.1) is 11.6 Å². The minimum atomic E-state index is -0.858. The average Bonchev–Trinajstić information content (AvgIpc) is 2.90. The van der Waals surface area contributed by atoms with Gasteiger partial charge in [0.15, 0.2) is 18.2 Å². The van der Waals surface area contributed by atoms with E-state index < -0.39 is 24.1 Å². The van der Waals surface area contributed by atoms with Crippen LogP contribution in [-0.2, 0) is 11.3 Å². The third kappa shape index (κ3) is 3.19. The lowest BCUT2D eigenvalue weighted by Crippen LogP contribution is -2.22. The Morgan fingerprint density at radius 3 is 2.79 bits per heavy atom. The number of para-hydroxylation sites is 2. The Balaban J connectivity index is 1.71. The van der Waals surface area contributed by atoms with E-state index in [9.17, 15) is 13.6 Å². The number of carbonyl (C=O) groups excluding carboxylic acids is 1. The van der Waals surface area contributed by atoms with Gasteiger partial charge in [-0.05, 0) is 31.2 Å². The molecule has 124 valence electrons. The Kier molecular flexibility index (Phi) is 4.41. The SMILES string of the molecule is CCn1c(NC(=O)COc2ccc(F)cc2F)nc2ccccc21. The molecule has 0 saturated carbocycles. The maximum Gasteiger partial charge on any atom is 0.264 e. The van der Waals surface area contributed by atoms with E-state index in [1.54, 1.807) is 0 Å². The summed E-state index contributed by atoms with van der Waals surface area (Å²) >= 11 is 0. The topological polar surface area (TPSA) is 56.2 Å². The molecule has 0 saturated heterocycles. The molecule has 0 radical (unpaired) electrons. The molecule has 0 spiro atoms. The van der Waals surface area contributed by atoms with E-state index in [1.807, 2.05) is 35.8 Å². The van der Waals surface area contributed by atoms with Crippen molar-refractivity contribution in [3.05, 3.63) is 54.1 Å². The second-order valence-electron chi connectivity index (χ2n) is 5.08. The normalized spacial score (nSPS) is 10.8. The van der Waals surface area contributed by atoms with Crippen LogP contribution in [0.25, 0.3) is 11.0 Å². The van der Waals surface area contributed by atoms with Crippen molar-refractivity contribution >= 4 is 22.9 Å². The molecule has 0 aliphatic rings. The summed E-state index contributed by atoms with van der Waals surface area (Å²) in [5, 5.41) is 2.64. The number of nitrogens with zero attached hydrogens (tertiary/aromatic N) is 2. The zero-order valence-corrected chi connectivity index (χ0v) is 12.9. The molecule has 0 unspecified atom stereocenters. The number of ether oxygens (including phenoxy) is 1. The van der Waals surface area contributed by atoms with Gasteiger partial charge in [-0.1, -0.05) is 12.1 Å². The number of rotatable bonds is 5. The smallest absolute Gasteiger partial charge is 0.264 e. The molecular formula is C17H15F2N3O2. The van der Waals surface area contributed by atoms with Crippen molar-refractivity contribution in [1.29, 1.82) is 0 Å². The number of hydrogen-bond donors (Lipinski definition) is 1. The van der Waals surface area contributed by atoms with Crippen molar-refractivity contribution < 1.29 is 18.3 Å². The van der Waals surface area contributed by atoms with Gasteiger partial charge in [0, 0.05) is 12.6 Å². The number of aromatic nitrogens is 2. The number of benzene rings is 2. The number of nitrogens with one attached hydrogen (secondary N) is 1. The molecule has 5 nitrogen and oxygen atoms in total. The maximum absolute atomic E-state index is 13.5. The summed E-state index contributed by atoms with van der Waals surface area (Å²) in [5.41, 5.74) is 1.67. The first-order valence-corrected chi connectivity index (χ1v) is 7.41. The number of aryl methyl sites for hydroxylation is 1.